The number of ether oxygens (including phenoxy) is 1. The maximum absolute atomic E-state index is 5.85. The van der Waals surface area contributed by atoms with Gasteiger partial charge in [0.1, 0.15) is 16.7 Å². The summed E-state index contributed by atoms with van der Waals surface area (Å²) in [7, 11) is 1.66. The standard InChI is InChI=1S/C14H15ClN2O/c1-10(11-6-8-12(18-2)9-7-11)16-14-5-3-4-13(15)17-14/h3-10H,1-2H3,(H,16,17). The van der Waals surface area contributed by atoms with Crippen LogP contribution in [0.5, 0.6) is 5.75 Å². The Morgan fingerprint density at radius 3 is 2.50 bits per heavy atom. The fraction of sp³-hybridized carbons (Fsp3) is 0.214. The molecule has 1 heterocycles. The first-order chi connectivity index (χ1) is 8.69. The van der Waals surface area contributed by atoms with Crippen LogP contribution in [0.1, 0.15) is 18.5 Å². The van der Waals surface area contributed by atoms with Gasteiger partial charge in [-0.1, -0.05) is 29.8 Å². The van der Waals surface area contributed by atoms with Crippen LogP contribution >= 0.6 is 11.6 Å². The first-order valence-corrected chi connectivity index (χ1v) is 6.10. The lowest BCUT2D eigenvalue weighted by Gasteiger charge is -2.15. The molecule has 1 aromatic carbocycles. The van der Waals surface area contributed by atoms with E-state index >= 15 is 0 Å². The van der Waals surface area contributed by atoms with Crippen LogP contribution in [0, 0.1) is 0 Å². The van der Waals surface area contributed by atoms with Gasteiger partial charge < -0.3 is 10.1 Å². The minimum Gasteiger partial charge on any atom is -0.497 e. The molecule has 0 fully saturated rings. The third kappa shape index (κ3) is 3.14. The number of pyridine rings is 1. The van der Waals surface area contributed by atoms with E-state index < -0.39 is 0 Å². The van der Waals surface area contributed by atoms with Gasteiger partial charge in [-0.15, -0.1) is 0 Å². The van der Waals surface area contributed by atoms with Crippen LogP contribution in [-0.2, 0) is 0 Å². The zero-order valence-electron chi connectivity index (χ0n) is 10.4. The molecule has 0 radical (unpaired) electrons. The first kappa shape index (κ1) is 12.7. The van der Waals surface area contributed by atoms with Crippen molar-refractivity contribution in [1.29, 1.82) is 0 Å². The minimum absolute atomic E-state index is 0.155. The van der Waals surface area contributed by atoms with Gasteiger partial charge in [0, 0.05) is 6.04 Å². The molecule has 4 heteroatoms. The second-order valence-corrected chi connectivity index (χ2v) is 4.37. The summed E-state index contributed by atoms with van der Waals surface area (Å²) in [6.07, 6.45) is 0. The molecule has 0 aliphatic rings. The zero-order chi connectivity index (χ0) is 13.0. The highest BCUT2D eigenvalue weighted by molar-refractivity contribution is 6.29. The van der Waals surface area contributed by atoms with Crippen LogP contribution in [0.15, 0.2) is 42.5 Å². The molecule has 1 unspecified atom stereocenters. The summed E-state index contributed by atoms with van der Waals surface area (Å²) in [5.41, 5.74) is 1.16. The number of nitrogens with zero attached hydrogens (tertiary/aromatic N) is 1. The first-order valence-electron chi connectivity index (χ1n) is 5.72. The average Bonchev–Trinajstić information content (AvgIpc) is 2.39. The Kier molecular flexibility index (Phi) is 4.05. The third-order valence-electron chi connectivity index (χ3n) is 2.70. The normalized spacial score (nSPS) is 11.9. The number of nitrogens with one attached hydrogen (secondary N) is 1. The minimum atomic E-state index is 0.155. The summed E-state index contributed by atoms with van der Waals surface area (Å²) in [4.78, 5) is 4.20. The molecule has 2 rings (SSSR count). The number of hydrogen-bond acceptors (Lipinski definition) is 3. The van der Waals surface area contributed by atoms with Gasteiger partial charge in [-0.05, 0) is 36.8 Å². The molecule has 1 N–H and O–H groups in total. The molecule has 2 aromatic rings. The molecule has 0 saturated heterocycles. The highest BCUT2D eigenvalue weighted by atomic mass is 35.5. The van der Waals surface area contributed by atoms with E-state index in [0.717, 1.165) is 17.1 Å². The van der Waals surface area contributed by atoms with Crippen LogP contribution < -0.4 is 10.1 Å². The molecular weight excluding hydrogens is 248 g/mol. The van der Waals surface area contributed by atoms with Crippen LogP contribution in [0.4, 0.5) is 5.82 Å². The van der Waals surface area contributed by atoms with Crippen molar-refractivity contribution in [3.8, 4) is 5.75 Å². The Bertz CT molecular complexity index is 513. The van der Waals surface area contributed by atoms with Gasteiger partial charge in [0.15, 0.2) is 0 Å². The maximum atomic E-state index is 5.85. The number of halogens is 1. The van der Waals surface area contributed by atoms with Gasteiger partial charge >= 0.3 is 0 Å². The Balaban J connectivity index is 2.09. The number of anilines is 1. The molecular formula is C14H15ClN2O. The smallest absolute Gasteiger partial charge is 0.131 e. The van der Waals surface area contributed by atoms with Gasteiger partial charge in [0.05, 0.1) is 7.11 Å². The SMILES string of the molecule is COc1ccc(C(C)Nc2cccc(Cl)n2)cc1. The molecule has 0 spiro atoms. The summed E-state index contributed by atoms with van der Waals surface area (Å²) in [6.45, 7) is 2.07. The molecule has 0 saturated carbocycles. The molecule has 3 nitrogen and oxygen atoms in total. The Morgan fingerprint density at radius 1 is 1.17 bits per heavy atom. The summed E-state index contributed by atoms with van der Waals surface area (Å²) in [5, 5.41) is 3.79. The third-order valence-corrected chi connectivity index (χ3v) is 2.91. The maximum Gasteiger partial charge on any atom is 0.131 e. The predicted molar refractivity (Wildman–Crippen MR) is 74.3 cm³/mol. The van der Waals surface area contributed by atoms with Gasteiger partial charge in [-0.2, -0.15) is 0 Å². The summed E-state index contributed by atoms with van der Waals surface area (Å²) in [6, 6.07) is 13.6. The topological polar surface area (TPSA) is 34.1 Å². The Morgan fingerprint density at radius 2 is 1.89 bits per heavy atom. The second-order valence-electron chi connectivity index (χ2n) is 3.98. The van der Waals surface area contributed by atoms with Crippen molar-refractivity contribution < 1.29 is 4.74 Å². The van der Waals surface area contributed by atoms with E-state index in [1.807, 2.05) is 36.4 Å². The van der Waals surface area contributed by atoms with Crippen molar-refractivity contribution in [2.24, 2.45) is 0 Å². The van der Waals surface area contributed by atoms with E-state index in [1.54, 1.807) is 13.2 Å². The van der Waals surface area contributed by atoms with E-state index in [-0.39, 0.29) is 6.04 Å². The van der Waals surface area contributed by atoms with Crippen molar-refractivity contribution in [2.45, 2.75) is 13.0 Å². The lowest BCUT2D eigenvalue weighted by atomic mass is 10.1. The Labute approximate surface area is 112 Å². The fourth-order valence-electron chi connectivity index (χ4n) is 1.69. The monoisotopic (exact) mass is 262 g/mol. The highest BCUT2D eigenvalue weighted by Gasteiger charge is 2.06. The summed E-state index contributed by atoms with van der Waals surface area (Å²) in [5.74, 6) is 1.62. The number of aromatic nitrogens is 1. The molecule has 1 atom stereocenters. The molecule has 94 valence electrons. The van der Waals surface area contributed by atoms with Gasteiger partial charge in [-0.25, -0.2) is 4.98 Å². The lowest BCUT2D eigenvalue weighted by Crippen LogP contribution is -2.07. The van der Waals surface area contributed by atoms with Crippen LogP contribution in [0.25, 0.3) is 0 Å². The summed E-state index contributed by atoms with van der Waals surface area (Å²) < 4.78 is 5.13. The molecule has 1 aromatic heterocycles. The molecule has 18 heavy (non-hydrogen) atoms. The van der Waals surface area contributed by atoms with Gasteiger partial charge in [0.25, 0.3) is 0 Å². The van der Waals surface area contributed by atoms with Crippen molar-refractivity contribution in [1.82, 2.24) is 4.98 Å². The van der Waals surface area contributed by atoms with Crippen molar-refractivity contribution in [3.63, 3.8) is 0 Å². The number of benzene rings is 1. The second kappa shape index (κ2) is 5.74. The van der Waals surface area contributed by atoms with Crippen LogP contribution in [0.2, 0.25) is 5.15 Å². The quantitative estimate of drug-likeness (QED) is 0.848. The lowest BCUT2D eigenvalue weighted by molar-refractivity contribution is 0.414. The summed E-state index contributed by atoms with van der Waals surface area (Å²) >= 11 is 5.85. The molecule has 0 aliphatic carbocycles. The van der Waals surface area contributed by atoms with Crippen LogP contribution in [0.3, 0.4) is 0 Å². The molecule has 0 bridgehead atoms. The molecule has 0 aliphatic heterocycles. The van der Waals surface area contributed by atoms with Gasteiger partial charge in [-0.3, -0.25) is 0 Å². The van der Waals surface area contributed by atoms with E-state index in [1.165, 1.54) is 0 Å². The fourth-order valence-corrected chi connectivity index (χ4v) is 1.85. The van der Waals surface area contributed by atoms with Crippen LogP contribution in [-0.4, -0.2) is 12.1 Å². The van der Waals surface area contributed by atoms with E-state index in [9.17, 15) is 0 Å². The number of hydrogen-bond donors (Lipinski definition) is 1. The van der Waals surface area contributed by atoms with Crippen molar-refractivity contribution in [3.05, 3.63) is 53.2 Å². The van der Waals surface area contributed by atoms with Crippen molar-refractivity contribution >= 4 is 17.4 Å². The number of methoxy groups -OCH3 is 1. The van der Waals surface area contributed by atoms with Crippen molar-refractivity contribution in [2.75, 3.05) is 12.4 Å². The zero-order valence-corrected chi connectivity index (χ0v) is 11.1. The largest absolute Gasteiger partial charge is 0.497 e. The molecule has 0 amide bonds. The van der Waals surface area contributed by atoms with E-state index in [0.29, 0.717) is 5.15 Å². The highest BCUT2D eigenvalue weighted by Crippen LogP contribution is 2.21. The Hall–Kier alpha value is -1.74. The predicted octanol–water partition coefficient (Wildman–Crippen LogP) is 3.92. The van der Waals surface area contributed by atoms with Gasteiger partial charge in [0.2, 0.25) is 0 Å². The van der Waals surface area contributed by atoms with E-state index in [4.69, 9.17) is 16.3 Å². The average molecular weight is 263 g/mol. The van der Waals surface area contributed by atoms with E-state index in [2.05, 4.69) is 17.2 Å². The number of rotatable bonds is 4.